The first-order valence-electron chi connectivity index (χ1n) is 8.11. The van der Waals surface area contributed by atoms with Crippen LogP contribution in [0.1, 0.15) is 63.4 Å². The van der Waals surface area contributed by atoms with Crippen LogP contribution in [0, 0.1) is 5.92 Å². The predicted molar refractivity (Wildman–Crippen MR) is 89.4 cm³/mol. The van der Waals surface area contributed by atoms with Gasteiger partial charge in [-0.2, -0.15) is 0 Å². The molecule has 0 aromatic heterocycles. The van der Waals surface area contributed by atoms with E-state index in [2.05, 4.69) is 44.4 Å². The Balaban J connectivity index is 2.62. The van der Waals surface area contributed by atoms with Gasteiger partial charge < -0.3 is 10.6 Å². The summed E-state index contributed by atoms with van der Waals surface area (Å²) < 4.78 is 0. The molecule has 0 fully saturated rings. The minimum absolute atomic E-state index is 0.0150. The largest absolute Gasteiger partial charge is 0.350 e. The Morgan fingerprint density at radius 3 is 2.48 bits per heavy atom. The molecule has 3 heteroatoms. The van der Waals surface area contributed by atoms with Gasteiger partial charge in [0.15, 0.2) is 0 Å². The van der Waals surface area contributed by atoms with Crippen LogP contribution in [0.15, 0.2) is 24.3 Å². The lowest BCUT2D eigenvalue weighted by molar-refractivity contribution is 0.0939. The van der Waals surface area contributed by atoms with Crippen molar-refractivity contribution in [2.75, 3.05) is 0 Å². The minimum Gasteiger partial charge on any atom is -0.350 e. The van der Waals surface area contributed by atoms with E-state index in [9.17, 15) is 4.79 Å². The molecule has 1 aromatic carbocycles. The Morgan fingerprint density at radius 1 is 1.14 bits per heavy atom. The average molecular weight is 290 g/mol. The topological polar surface area (TPSA) is 41.1 Å². The summed E-state index contributed by atoms with van der Waals surface area (Å²) in [4.78, 5) is 12.1. The van der Waals surface area contributed by atoms with Crippen molar-refractivity contribution < 1.29 is 4.79 Å². The van der Waals surface area contributed by atoms with E-state index in [-0.39, 0.29) is 11.9 Å². The Labute approximate surface area is 129 Å². The lowest BCUT2D eigenvalue weighted by Gasteiger charge is -2.20. The third-order valence-corrected chi connectivity index (χ3v) is 4.30. The van der Waals surface area contributed by atoms with E-state index in [0.29, 0.717) is 12.0 Å². The van der Waals surface area contributed by atoms with Crippen LogP contribution in [0.2, 0.25) is 0 Å². The quantitative estimate of drug-likeness (QED) is 0.766. The molecule has 1 amide bonds. The number of amides is 1. The number of carbonyl (C=O) groups is 1. The number of hydrogen-bond donors (Lipinski definition) is 2. The molecule has 0 unspecified atom stereocenters. The van der Waals surface area contributed by atoms with Crippen molar-refractivity contribution >= 4 is 5.91 Å². The number of hydrogen-bond acceptors (Lipinski definition) is 2. The summed E-state index contributed by atoms with van der Waals surface area (Å²) in [5.41, 5.74) is 1.90. The zero-order valence-corrected chi connectivity index (χ0v) is 14.1. The van der Waals surface area contributed by atoms with Crippen LogP contribution in [0.5, 0.6) is 0 Å². The number of rotatable bonds is 8. The Bertz CT molecular complexity index is 445. The van der Waals surface area contributed by atoms with Gasteiger partial charge in [0.1, 0.15) is 0 Å². The molecule has 0 radical (unpaired) electrons. The molecule has 1 rings (SSSR count). The fraction of sp³-hybridized carbons (Fsp3) is 0.611. The van der Waals surface area contributed by atoms with E-state index in [1.807, 2.05) is 25.1 Å². The van der Waals surface area contributed by atoms with Crippen molar-refractivity contribution in [3.8, 4) is 0 Å². The second-order valence-corrected chi connectivity index (χ2v) is 6.04. The molecule has 0 aliphatic rings. The average Bonchev–Trinajstić information content (AvgIpc) is 2.51. The molecular formula is C18H30N2O. The van der Waals surface area contributed by atoms with Crippen molar-refractivity contribution in [3.63, 3.8) is 0 Å². The van der Waals surface area contributed by atoms with Crippen LogP contribution in [0.4, 0.5) is 0 Å². The molecule has 0 heterocycles. The van der Waals surface area contributed by atoms with Gasteiger partial charge in [-0.25, -0.2) is 0 Å². The summed E-state index contributed by atoms with van der Waals surface area (Å²) >= 11 is 0. The zero-order chi connectivity index (χ0) is 15.8. The summed E-state index contributed by atoms with van der Waals surface area (Å²) in [6.07, 6.45) is 2.12. The number of carbonyl (C=O) groups excluding carboxylic acids is 1. The SMILES string of the molecule is CC[C@@H](C)[C@@H](C)NCc1cccc(C(=O)N[C@@H](C)CC)c1. The Kier molecular flexibility index (Phi) is 7.44. The van der Waals surface area contributed by atoms with E-state index < -0.39 is 0 Å². The van der Waals surface area contributed by atoms with Gasteiger partial charge in [-0.1, -0.05) is 39.3 Å². The van der Waals surface area contributed by atoms with Crippen LogP contribution in [0.3, 0.4) is 0 Å². The summed E-state index contributed by atoms with van der Waals surface area (Å²) in [7, 11) is 0. The lowest BCUT2D eigenvalue weighted by Crippen LogP contribution is -2.32. The first-order valence-corrected chi connectivity index (χ1v) is 8.11. The normalized spacial score (nSPS) is 15.3. The Morgan fingerprint density at radius 2 is 1.86 bits per heavy atom. The molecule has 0 aliphatic heterocycles. The minimum atomic E-state index is 0.0150. The molecule has 3 nitrogen and oxygen atoms in total. The molecule has 1 aromatic rings. The van der Waals surface area contributed by atoms with Gasteiger partial charge in [0.2, 0.25) is 0 Å². The molecule has 0 saturated carbocycles. The van der Waals surface area contributed by atoms with E-state index >= 15 is 0 Å². The third-order valence-electron chi connectivity index (χ3n) is 4.30. The van der Waals surface area contributed by atoms with Gasteiger partial charge in [-0.15, -0.1) is 0 Å². The first kappa shape index (κ1) is 17.7. The molecular weight excluding hydrogens is 260 g/mol. The highest BCUT2D eigenvalue weighted by Crippen LogP contribution is 2.10. The molecule has 0 bridgehead atoms. The van der Waals surface area contributed by atoms with Crippen molar-refractivity contribution in [2.24, 2.45) is 5.92 Å². The lowest BCUT2D eigenvalue weighted by atomic mass is 10.0. The molecule has 0 spiro atoms. The first-order chi connectivity index (χ1) is 9.97. The van der Waals surface area contributed by atoms with Gasteiger partial charge >= 0.3 is 0 Å². The fourth-order valence-corrected chi connectivity index (χ4v) is 2.07. The van der Waals surface area contributed by atoms with Gasteiger partial charge in [-0.05, 0) is 43.9 Å². The van der Waals surface area contributed by atoms with Crippen molar-refractivity contribution in [3.05, 3.63) is 35.4 Å². The summed E-state index contributed by atoms with van der Waals surface area (Å²) in [6, 6.07) is 8.57. The van der Waals surface area contributed by atoms with Gasteiger partial charge in [0, 0.05) is 24.2 Å². The standard InChI is InChI=1S/C18H30N2O/c1-6-13(3)15(5)19-12-16-9-8-10-17(11-16)18(21)20-14(4)7-2/h8-11,13-15,19H,6-7,12H2,1-5H3,(H,20,21)/t13-,14+,15-/m1/s1. The van der Waals surface area contributed by atoms with Crippen molar-refractivity contribution in [2.45, 2.75) is 66.1 Å². The van der Waals surface area contributed by atoms with E-state index in [1.165, 1.54) is 6.42 Å². The van der Waals surface area contributed by atoms with E-state index in [4.69, 9.17) is 0 Å². The summed E-state index contributed by atoms with van der Waals surface area (Å²) in [5.74, 6) is 0.669. The van der Waals surface area contributed by atoms with Gasteiger partial charge in [-0.3, -0.25) is 4.79 Å². The second kappa shape index (κ2) is 8.83. The molecule has 21 heavy (non-hydrogen) atoms. The van der Waals surface area contributed by atoms with E-state index in [1.54, 1.807) is 0 Å². The second-order valence-electron chi connectivity index (χ2n) is 6.04. The predicted octanol–water partition coefficient (Wildman–Crippen LogP) is 3.74. The van der Waals surface area contributed by atoms with Crippen LogP contribution in [-0.2, 0) is 6.54 Å². The van der Waals surface area contributed by atoms with Crippen LogP contribution >= 0.6 is 0 Å². The third kappa shape index (κ3) is 5.88. The maximum absolute atomic E-state index is 12.1. The smallest absolute Gasteiger partial charge is 0.251 e. The number of nitrogens with one attached hydrogen (secondary N) is 2. The van der Waals surface area contributed by atoms with Crippen LogP contribution in [0.25, 0.3) is 0 Å². The van der Waals surface area contributed by atoms with Gasteiger partial charge in [0.05, 0.1) is 0 Å². The monoisotopic (exact) mass is 290 g/mol. The highest BCUT2D eigenvalue weighted by molar-refractivity contribution is 5.94. The highest BCUT2D eigenvalue weighted by atomic mass is 16.1. The van der Waals surface area contributed by atoms with Crippen LogP contribution < -0.4 is 10.6 Å². The van der Waals surface area contributed by atoms with E-state index in [0.717, 1.165) is 24.1 Å². The summed E-state index contributed by atoms with van der Waals surface area (Å²) in [5, 5.41) is 6.54. The molecule has 2 N–H and O–H groups in total. The van der Waals surface area contributed by atoms with Crippen LogP contribution in [-0.4, -0.2) is 18.0 Å². The summed E-state index contributed by atoms with van der Waals surface area (Å²) in [6.45, 7) is 11.6. The zero-order valence-electron chi connectivity index (χ0n) is 14.1. The fourth-order valence-electron chi connectivity index (χ4n) is 2.07. The van der Waals surface area contributed by atoms with Crippen molar-refractivity contribution in [1.82, 2.24) is 10.6 Å². The maximum Gasteiger partial charge on any atom is 0.251 e. The molecule has 3 atom stereocenters. The molecule has 0 aliphatic carbocycles. The highest BCUT2D eigenvalue weighted by Gasteiger charge is 2.11. The van der Waals surface area contributed by atoms with Crippen molar-refractivity contribution in [1.29, 1.82) is 0 Å². The molecule has 0 saturated heterocycles. The van der Waals surface area contributed by atoms with Gasteiger partial charge in [0.25, 0.3) is 5.91 Å². The Hall–Kier alpha value is -1.35. The number of benzene rings is 1. The maximum atomic E-state index is 12.1. The molecule has 118 valence electrons.